The van der Waals surface area contributed by atoms with Crippen LogP contribution < -0.4 is 5.32 Å². The maximum Gasteiger partial charge on any atom is 0.137 e. The summed E-state index contributed by atoms with van der Waals surface area (Å²) in [4.78, 5) is 8.18. The highest BCUT2D eigenvalue weighted by Gasteiger charge is 2.04. The molecule has 0 spiro atoms. The van der Waals surface area contributed by atoms with Crippen molar-refractivity contribution in [2.75, 3.05) is 13.1 Å². The number of aliphatic imine (C=N–C) groups is 1. The van der Waals surface area contributed by atoms with Gasteiger partial charge >= 0.3 is 0 Å². The Kier molecular flexibility index (Phi) is 2.54. The van der Waals surface area contributed by atoms with Crippen molar-refractivity contribution in [3.05, 3.63) is 12.7 Å². The van der Waals surface area contributed by atoms with E-state index in [2.05, 4.69) is 20.4 Å². The maximum atomic E-state index is 4.31. The molecule has 2 rings (SSSR count). The van der Waals surface area contributed by atoms with Gasteiger partial charge in [0.15, 0.2) is 0 Å². The molecule has 1 aromatic heterocycles. The molecule has 0 atom stereocenters. The first kappa shape index (κ1) is 8.22. The monoisotopic (exact) mass is 179 g/mol. The summed E-state index contributed by atoms with van der Waals surface area (Å²) in [5.74, 6) is 1.14. The molecule has 1 aromatic rings. The van der Waals surface area contributed by atoms with E-state index in [1.807, 2.05) is 4.68 Å². The molecule has 0 aromatic carbocycles. The van der Waals surface area contributed by atoms with Gasteiger partial charge in [0.1, 0.15) is 12.7 Å². The Labute approximate surface area is 76.9 Å². The molecule has 2 heterocycles. The topological polar surface area (TPSA) is 55.1 Å². The van der Waals surface area contributed by atoms with Crippen molar-refractivity contribution < 1.29 is 0 Å². The molecule has 0 fully saturated rings. The molecule has 1 N–H and O–H groups in total. The minimum atomic E-state index is 0.846. The van der Waals surface area contributed by atoms with Crippen LogP contribution in [-0.2, 0) is 6.54 Å². The number of rotatable bonds is 3. The van der Waals surface area contributed by atoms with Crippen LogP contribution >= 0.6 is 0 Å². The van der Waals surface area contributed by atoms with Gasteiger partial charge in [-0.25, -0.2) is 4.98 Å². The lowest BCUT2D eigenvalue weighted by Gasteiger charge is -2.04. The fourth-order valence-corrected chi connectivity index (χ4v) is 1.35. The number of aromatic nitrogens is 3. The molecule has 1 aliphatic rings. The summed E-state index contributed by atoms with van der Waals surface area (Å²) in [6.07, 6.45) is 5.55. The van der Waals surface area contributed by atoms with Crippen molar-refractivity contribution >= 4 is 5.84 Å². The number of hydrogen-bond acceptors (Lipinski definition) is 4. The standard InChI is InChI=1S/C8H13N5/c1-2-8(10-3-1)11-4-5-13-7-9-6-12-13/h6-7H,1-5H2,(H,10,11). The first-order valence-corrected chi connectivity index (χ1v) is 4.55. The first-order chi connectivity index (χ1) is 6.45. The third-order valence-electron chi connectivity index (χ3n) is 2.01. The highest BCUT2D eigenvalue weighted by atomic mass is 15.3. The van der Waals surface area contributed by atoms with E-state index in [1.54, 1.807) is 12.7 Å². The number of nitrogens with one attached hydrogen (secondary N) is 1. The van der Waals surface area contributed by atoms with Gasteiger partial charge in [-0.05, 0) is 6.42 Å². The Morgan fingerprint density at radius 2 is 2.54 bits per heavy atom. The summed E-state index contributed by atoms with van der Waals surface area (Å²) in [5, 5.41) is 7.29. The summed E-state index contributed by atoms with van der Waals surface area (Å²) in [5.41, 5.74) is 0. The molecule has 0 amide bonds. The SMILES string of the molecule is c1ncn(CCNC2=NCCC2)n1. The van der Waals surface area contributed by atoms with E-state index in [-0.39, 0.29) is 0 Å². The summed E-state index contributed by atoms with van der Waals surface area (Å²) in [7, 11) is 0. The molecule has 0 saturated carbocycles. The largest absolute Gasteiger partial charge is 0.372 e. The van der Waals surface area contributed by atoms with Crippen LogP contribution in [0.1, 0.15) is 12.8 Å². The van der Waals surface area contributed by atoms with E-state index in [1.165, 1.54) is 6.42 Å². The maximum absolute atomic E-state index is 4.31. The third-order valence-corrected chi connectivity index (χ3v) is 2.01. The van der Waals surface area contributed by atoms with E-state index in [0.717, 1.165) is 31.9 Å². The van der Waals surface area contributed by atoms with Gasteiger partial charge in [-0.2, -0.15) is 5.10 Å². The van der Waals surface area contributed by atoms with Gasteiger partial charge in [-0.15, -0.1) is 0 Å². The Morgan fingerprint density at radius 3 is 3.23 bits per heavy atom. The first-order valence-electron chi connectivity index (χ1n) is 4.55. The van der Waals surface area contributed by atoms with Gasteiger partial charge in [0, 0.05) is 19.5 Å². The van der Waals surface area contributed by atoms with Crippen LogP contribution in [-0.4, -0.2) is 33.7 Å². The molecule has 0 radical (unpaired) electrons. The van der Waals surface area contributed by atoms with Crippen LogP contribution in [0.5, 0.6) is 0 Å². The van der Waals surface area contributed by atoms with Gasteiger partial charge in [0.2, 0.25) is 0 Å². The minimum Gasteiger partial charge on any atom is -0.372 e. The lowest BCUT2D eigenvalue weighted by atomic mass is 10.3. The van der Waals surface area contributed by atoms with Gasteiger partial charge in [-0.1, -0.05) is 0 Å². The second kappa shape index (κ2) is 4.02. The van der Waals surface area contributed by atoms with Crippen LogP contribution in [0.4, 0.5) is 0 Å². The molecule has 0 bridgehead atoms. The highest BCUT2D eigenvalue weighted by molar-refractivity contribution is 5.83. The van der Waals surface area contributed by atoms with Crippen molar-refractivity contribution in [3.8, 4) is 0 Å². The zero-order valence-electron chi connectivity index (χ0n) is 7.48. The van der Waals surface area contributed by atoms with E-state index in [4.69, 9.17) is 0 Å². The van der Waals surface area contributed by atoms with E-state index in [9.17, 15) is 0 Å². The Hall–Kier alpha value is -1.39. The molecule has 0 unspecified atom stereocenters. The molecular formula is C8H13N5. The lowest BCUT2D eigenvalue weighted by molar-refractivity contribution is 0.600. The molecule has 5 heteroatoms. The minimum absolute atomic E-state index is 0.846. The summed E-state index contributed by atoms with van der Waals surface area (Å²) < 4.78 is 1.81. The molecule has 5 nitrogen and oxygen atoms in total. The lowest BCUT2D eigenvalue weighted by Crippen LogP contribution is -2.25. The molecule has 0 aliphatic carbocycles. The van der Waals surface area contributed by atoms with Crippen molar-refractivity contribution in [3.63, 3.8) is 0 Å². The van der Waals surface area contributed by atoms with Gasteiger partial charge < -0.3 is 5.32 Å². The highest BCUT2D eigenvalue weighted by Crippen LogP contribution is 2.00. The van der Waals surface area contributed by atoms with Crippen molar-refractivity contribution in [1.29, 1.82) is 0 Å². The average Bonchev–Trinajstić information content (AvgIpc) is 2.75. The second-order valence-corrected chi connectivity index (χ2v) is 3.02. The molecule has 0 saturated heterocycles. The van der Waals surface area contributed by atoms with E-state index < -0.39 is 0 Å². The number of nitrogens with zero attached hydrogens (tertiary/aromatic N) is 4. The zero-order chi connectivity index (χ0) is 8.93. The van der Waals surface area contributed by atoms with Crippen molar-refractivity contribution in [1.82, 2.24) is 20.1 Å². The quantitative estimate of drug-likeness (QED) is 0.713. The van der Waals surface area contributed by atoms with Crippen LogP contribution in [0.25, 0.3) is 0 Å². The molecular weight excluding hydrogens is 166 g/mol. The smallest absolute Gasteiger partial charge is 0.137 e. The number of hydrogen-bond donors (Lipinski definition) is 1. The predicted octanol–water partition coefficient (Wildman–Crippen LogP) is 0.0600. The van der Waals surface area contributed by atoms with Gasteiger partial charge in [0.25, 0.3) is 0 Å². The molecule has 1 aliphatic heterocycles. The summed E-state index contributed by atoms with van der Waals surface area (Å²) >= 11 is 0. The fourth-order valence-electron chi connectivity index (χ4n) is 1.35. The average molecular weight is 179 g/mol. The normalized spacial score (nSPS) is 15.8. The van der Waals surface area contributed by atoms with E-state index >= 15 is 0 Å². The van der Waals surface area contributed by atoms with Crippen molar-refractivity contribution in [2.45, 2.75) is 19.4 Å². The van der Waals surface area contributed by atoms with Crippen LogP contribution in [0, 0.1) is 0 Å². The summed E-state index contributed by atoms with van der Waals surface area (Å²) in [6.45, 7) is 2.70. The molecule has 13 heavy (non-hydrogen) atoms. The Morgan fingerprint density at radius 1 is 1.54 bits per heavy atom. The third kappa shape index (κ3) is 2.27. The van der Waals surface area contributed by atoms with Crippen LogP contribution in [0.2, 0.25) is 0 Å². The van der Waals surface area contributed by atoms with Crippen molar-refractivity contribution in [2.24, 2.45) is 4.99 Å². The predicted molar refractivity (Wildman–Crippen MR) is 49.6 cm³/mol. The molecule has 70 valence electrons. The van der Waals surface area contributed by atoms with E-state index in [0.29, 0.717) is 0 Å². The second-order valence-electron chi connectivity index (χ2n) is 3.02. The number of amidine groups is 1. The Bertz CT molecular complexity index is 277. The van der Waals surface area contributed by atoms with Gasteiger partial charge in [0.05, 0.1) is 12.4 Å². The summed E-state index contributed by atoms with van der Waals surface area (Å²) in [6, 6.07) is 0. The van der Waals surface area contributed by atoms with Gasteiger partial charge in [-0.3, -0.25) is 9.67 Å². The fraction of sp³-hybridized carbons (Fsp3) is 0.625. The van der Waals surface area contributed by atoms with Crippen LogP contribution in [0.15, 0.2) is 17.6 Å². The zero-order valence-corrected chi connectivity index (χ0v) is 7.48. The van der Waals surface area contributed by atoms with Crippen LogP contribution in [0.3, 0.4) is 0 Å². The Balaban J connectivity index is 1.69.